The lowest BCUT2D eigenvalue weighted by molar-refractivity contribution is -0.144. The molecule has 0 fully saturated rings. The molecule has 2 rings (SSSR count). The minimum Gasteiger partial charge on any atom is -0.506 e. The standard InChI is InChI=1S/C13H11ClF3N3O2/c1-7-4-11(13(15,16)17)20(19-7)6-12(22)18-9-5-8(14)2-3-10(9)21/h2-5,21H,6H2,1H3,(H,18,22). The fourth-order valence-corrected chi connectivity index (χ4v) is 2.00. The molecule has 0 saturated heterocycles. The van der Waals surface area contributed by atoms with Gasteiger partial charge in [0.2, 0.25) is 5.91 Å². The van der Waals surface area contributed by atoms with Crippen molar-refractivity contribution in [2.75, 3.05) is 5.32 Å². The minimum absolute atomic E-state index is 0.00920. The molecule has 1 heterocycles. The average molecular weight is 334 g/mol. The van der Waals surface area contributed by atoms with E-state index in [9.17, 15) is 23.1 Å². The van der Waals surface area contributed by atoms with Crippen LogP contribution in [0.1, 0.15) is 11.4 Å². The molecule has 0 atom stereocenters. The summed E-state index contributed by atoms with van der Waals surface area (Å²) >= 11 is 5.72. The molecule has 2 N–H and O–H groups in total. The molecule has 2 aromatic rings. The molecule has 22 heavy (non-hydrogen) atoms. The number of aromatic hydroxyl groups is 1. The van der Waals surface area contributed by atoms with Gasteiger partial charge in [0.1, 0.15) is 18.0 Å². The highest BCUT2D eigenvalue weighted by Gasteiger charge is 2.35. The maximum atomic E-state index is 12.8. The molecule has 118 valence electrons. The van der Waals surface area contributed by atoms with Crippen LogP contribution >= 0.6 is 11.6 Å². The predicted octanol–water partition coefficient (Wildman–Crippen LogP) is 3.21. The molecule has 0 aliphatic carbocycles. The highest BCUT2D eigenvalue weighted by atomic mass is 35.5. The van der Waals surface area contributed by atoms with E-state index in [2.05, 4.69) is 10.4 Å². The zero-order valence-corrected chi connectivity index (χ0v) is 12.0. The Balaban J connectivity index is 2.18. The quantitative estimate of drug-likeness (QED) is 0.848. The molecule has 9 heteroatoms. The lowest BCUT2D eigenvalue weighted by atomic mass is 10.3. The number of carbonyl (C=O) groups excluding carboxylic acids is 1. The second kappa shape index (κ2) is 5.88. The molecular formula is C13H11ClF3N3O2. The molecule has 0 aliphatic heterocycles. The Hall–Kier alpha value is -2.22. The van der Waals surface area contributed by atoms with Gasteiger partial charge in [-0.2, -0.15) is 18.3 Å². The number of phenols is 1. The Labute approximate surface area is 128 Å². The zero-order chi connectivity index (χ0) is 16.5. The van der Waals surface area contributed by atoms with E-state index in [1.807, 2.05) is 0 Å². The molecule has 0 radical (unpaired) electrons. The predicted molar refractivity (Wildman–Crippen MR) is 73.7 cm³/mol. The maximum absolute atomic E-state index is 12.8. The van der Waals surface area contributed by atoms with Crippen molar-refractivity contribution in [3.8, 4) is 5.75 Å². The first-order valence-corrected chi connectivity index (χ1v) is 6.44. The van der Waals surface area contributed by atoms with Gasteiger partial charge in [-0.1, -0.05) is 11.6 Å². The summed E-state index contributed by atoms with van der Waals surface area (Å²) in [6.45, 7) is 0.751. The van der Waals surface area contributed by atoms with Crippen molar-refractivity contribution in [2.45, 2.75) is 19.6 Å². The van der Waals surface area contributed by atoms with E-state index >= 15 is 0 Å². The Morgan fingerprint density at radius 2 is 2.09 bits per heavy atom. The average Bonchev–Trinajstić information content (AvgIpc) is 2.74. The molecule has 0 saturated carbocycles. The summed E-state index contributed by atoms with van der Waals surface area (Å²) in [5, 5.41) is 15.8. The largest absolute Gasteiger partial charge is 0.506 e. The van der Waals surface area contributed by atoms with Gasteiger partial charge in [-0.3, -0.25) is 9.48 Å². The number of halogens is 4. The number of benzene rings is 1. The topological polar surface area (TPSA) is 67.2 Å². The third-order valence-corrected chi connectivity index (χ3v) is 2.95. The van der Waals surface area contributed by atoms with Gasteiger partial charge in [0.15, 0.2) is 0 Å². The van der Waals surface area contributed by atoms with Crippen molar-refractivity contribution in [3.63, 3.8) is 0 Å². The summed E-state index contributed by atoms with van der Waals surface area (Å²) in [5.41, 5.74) is -0.865. The Bertz CT molecular complexity index is 713. The van der Waals surface area contributed by atoms with Crippen LogP contribution in [0.15, 0.2) is 24.3 Å². The summed E-state index contributed by atoms with van der Waals surface area (Å²) < 4.78 is 39.0. The van der Waals surface area contributed by atoms with Crippen molar-refractivity contribution in [1.29, 1.82) is 0 Å². The number of rotatable bonds is 3. The summed E-state index contributed by atoms with van der Waals surface area (Å²) in [7, 11) is 0. The molecular weight excluding hydrogens is 323 g/mol. The number of aryl methyl sites for hydroxylation is 1. The number of amides is 1. The third-order valence-electron chi connectivity index (χ3n) is 2.72. The molecule has 1 amide bonds. The van der Waals surface area contributed by atoms with Crippen LogP contribution < -0.4 is 5.32 Å². The van der Waals surface area contributed by atoms with Crippen LogP contribution in [-0.4, -0.2) is 20.8 Å². The zero-order valence-electron chi connectivity index (χ0n) is 11.3. The van der Waals surface area contributed by atoms with E-state index in [4.69, 9.17) is 11.6 Å². The summed E-state index contributed by atoms with van der Waals surface area (Å²) in [5.74, 6) is -1.02. The fraction of sp³-hybridized carbons (Fsp3) is 0.231. The molecule has 0 unspecified atom stereocenters. The van der Waals surface area contributed by atoms with Gasteiger partial charge >= 0.3 is 6.18 Å². The Kier molecular flexibility index (Phi) is 4.32. The van der Waals surface area contributed by atoms with Crippen LogP contribution in [-0.2, 0) is 17.5 Å². The van der Waals surface area contributed by atoms with Crippen molar-refractivity contribution in [2.24, 2.45) is 0 Å². The van der Waals surface area contributed by atoms with Gasteiger partial charge in [0.25, 0.3) is 0 Å². The first kappa shape index (κ1) is 16.2. The van der Waals surface area contributed by atoms with Crippen molar-refractivity contribution >= 4 is 23.2 Å². The molecule has 0 spiro atoms. The highest BCUT2D eigenvalue weighted by molar-refractivity contribution is 6.31. The summed E-state index contributed by atoms with van der Waals surface area (Å²) in [4.78, 5) is 11.8. The highest BCUT2D eigenvalue weighted by Crippen LogP contribution is 2.30. The number of phenolic OH excluding ortho intramolecular Hbond substituents is 1. The van der Waals surface area contributed by atoms with Crippen LogP contribution in [0.5, 0.6) is 5.75 Å². The molecule has 1 aromatic heterocycles. The molecule has 0 bridgehead atoms. The van der Waals surface area contributed by atoms with Crippen LogP contribution in [0, 0.1) is 6.92 Å². The van der Waals surface area contributed by atoms with E-state index in [0.29, 0.717) is 4.68 Å². The van der Waals surface area contributed by atoms with Gasteiger partial charge in [-0.15, -0.1) is 0 Å². The lowest BCUT2D eigenvalue weighted by Crippen LogP contribution is -2.23. The van der Waals surface area contributed by atoms with Crippen molar-refractivity contribution in [3.05, 3.63) is 40.7 Å². The maximum Gasteiger partial charge on any atom is 0.433 e. The molecule has 0 aliphatic rings. The number of nitrogens with zero attached hydrogens (tertiary/aromatic N) is 2. The summed E-state index contributed by atoms with van der Waals surface area (Å²) in [6.07, 6.45) is -4.61. The minimum atomic E-state index is -4.61. The van der Waals surface area contributed by atoms with Crippen LogP contribution in [0.25, 0.3) is 0 Å². The van der Waals surface area contributed by atoms with Gasteiger partial charge in [-0.25, -0.2) is 0 Å². The van der Waals surface area contributed by atoms with Gasteiger partial charge in [0, 0.05) is 5.02 Å². The normalized spacial score (nSPS) is 11.5. The number of hydrogen-bond acceptors (Lipinski definition) is 3. The number of carbonyl (C=O) groups is 1. The number of anilines is 1. The van der Waals surface area contributed by atoms with E-state index in [1.165, 1.54) is 25.1 Å². The second-order valence-corrected chi connectivity index (χ2v) is 4.97. The monoisotopic (exact) mass is 333 g/mol. The van der Waals surface area contributed by atoms with Crippen molar-refractivity contribution in [1.82, 2.24) is 9.78 Å². The SMILES string of the molecule is Cc1cc(C(F)(F)F)n(CC(=O)Nc2cc(Cl)ccc2O)n1. The number of nitrogens with one attached hydrogen (secondary N) is 1. The third kappa shape index (κ3) is 3.70. The van der Waals surface area contributed by atoms with Crippen LogP contribution in [0.3, 0.4) is 0 Å². The Morgan fingerprint density at radius 3 is 2.73 bits per heavy atom. The smallest absolute Gasteiger partial charge is 0.433 e. The number of alkyl halides is 3. The van der Waals surface area contributed by atoms with Gasteiger partial charge < -0.3 is 10.4 Å². The van der Waals surface area contributed by atoms with E-state index < -0.39 is 24.3 Å². The number of hydrogen-bond donors (Lipinski definition) is 2. The lowest BCUT2D eigenvalue weighted by Gasteiger charge is -2.11. The molecule has 5 nitrogen and oxygen atoms in total. The van der Waals surface area contributed by atoms with E-state index in [0.717, 1.165) is 6.07 Å². The fourth-order valence-electron chi connectivity index (χ4n) is 1.83. The van der Waals surface area contributed by atoms with E-state index in [1.54, 1.807) is 0 Å². The second-order valence-electron chi connectivity index (χ2n) is 4.54. The van der Waals surface area contributed by atoms with Crippen LogP contribution in [0.2, 0.25) is 5.02 Å². The van der Waals surface area contributed by atoms with Crippen molar-refractivity contribution < 1.29 is 23.1 Å². The molecule has 1 aromatic carbocycles. The summed E-state index contributed by atoms with van der Waals surface area (Å²) in [6, 6.07) is 4.81. The first-order chi connectivity index (χ1) is 10.2. The van der Waals surface area contributed by atoms with Gasteiger partial charge in [-0.05, 0) is 31.2 Å². The first-order valence-electron chi connectivity index (χ1n) is 6.07. The van der Waals surface area contributed by atoms with E-state index in [-0.39, 0.29) is 22.2 Å². The van der Waals surface area contributed by atoms with Gasteiger partial charge in [0.05, 0.1) is 11.4 Å². The Morgan fingerprint density at radius 1 is 1.41 bits per heavy atom. The number of aromatic nitrogens is 2. The van der Waals surface area contributed by atoms with Crippen LogP contribution in [0.4, 0.5) is 18.9 Å².